The Morgan fingerprint density at radius 1 is 1.38 bits per heavy atom. The van der Waals surface area contributed by atoms with Gasteiger partial charge in [-0.2, -0.15) is 0 Å². The lowest BCUT2D eigenvalue weighted by Crippen LogP contribution is -2.52. The fourth-order valence-electron chi connectivity index (χ4n) is 2.49. The third kappa shape index (κ3) is 3.13. The minimum absolute atomic E-state index is 0.256. The normalized spacial score (nSPS) is 19.0. The number of aryl methyl sites for hydroxylation is 1. The van der Waals surface area contributed by atoms with Crippen molar-refractivity contribution >= 4 is 17.8 Å². The van der Waals surface area contributed by atoms with E-state index in [0.717, 1.165) is 12.3 Å². The van der Waals surface area contributed by atoms with Crippen LogP contribution in [-0.2, 0) is 22.2 Å². The molecule has 0 saturated heterocycles. The van der Waals surface area contributed by atoms with E-state index in [0.29, 0.717) is 11.6 Å². The van der Waals surface area contributed by atoms with Crippen LogP contribution >= 0.6 is 0 Å². The molecule has 0 fully saturated rings. The average Bonchev–Trinajstić information content (AvgIpc) is 3.08. The van der Waals surface area contributed by atoms with Gasteiger partial charge in [-0.15, -0.1) is 0 Å². The van der Waals surface area contributed by atoms with Gasteiger partial charge in [0.2, 0.25) is 0 Å². The monoisotopic (exact) mass is 362 g/mol. The highest BCUT2D eigenvalue weighted by atomic mass is 19.3. The molecule has 3 heterocycles. The molecule has 136 valence electrons. The van der Waals surface area contributed by atoms with Crippen LogP contribution in [0.5, 0.6) is 0 Å². The van der Waals surface area contributed by atoms with E-state index in [4.69, 9.17) is 4.74 Å². The largest absolute Gasteiger partial charge is 0.482 e. The maximum absolute atomic E-state index is 13.0. The molecule has 0 radical (unpaired) electrons. The third-order valence-electron chi connectivity index (χ3n) is 3.80. The predicted octanol–water partition coefficient (Wildman–Crippen LogP) is 1.71. The topological polar surface area (TPSA) is 93.4 Å². The summed E-state index contributed by atoms with van der Waals surface area (Å²) in [4.78, 5) is 25.0. The number of hydrogen-bond donors (Lipinski definition) is 2. The maximum atomic E-state index is 13.0. The van der Waals surface area contributed by atoms with Gasteiger partial charge in [0, 0.05) is 19.3 Å². The minimum Gasteiger partial charge on any atom is -0.482 e. The molecule has 0 bridgehead atoms. The Labute approximate surface area is 147 Å². The van der Waals surface area contributed by atoms with Crippen molar-refractivity contribution in [3.05, 3.63) is 54.2 Å². The van der Waals surface area contributed by atoms with Gasteiger partial charge in [-0.3, -0.25) is 9.78 Å². The van der Waals surface area contributed by atoms with Crippen LogP contribution in [0, 0.1) is 0 Å². The summed E-state index contributed by atoms with van der Waals surface area (Å²) in [6, 6.07) is 2.50. The second-order valence-electron chi connectivity index (χ2n) is 5.46. The number of halogens is 2. The van der Waals surface area contributed by atoms with Gasteiger partial charge in [-0.25, -0.2) is 18.8 Å². The Morgan fingerprint density at radius 2 is 2.19 bits per heavy atom. The Balaban J connectivity index is 1.93. The molecule has 3 rings (SSSR count). The second-order valence-corrected chi connectivity index (χ2v) is 5.46. The SMILES string of the molecule is COC1=CC=NC(C(=O)Nc2ccc(C(F)F)nc2)(c2cncn2C)N1. The predicted molar refractivity (Wildman–Crippen MR) is 89.4 cm³/mol. The molecule has 2 N–H and O–H groups in total. The highest BCUT2D eigenvalue weighted by Gasteiger charge is 2.44. The Hall–Kier alpha value is -3.30. The number of pyridine rings is 1. The lowest BCUT2D eigenvalue weighted by molar-refractivity contribution is -0.123. The summed E-state index contributed by atoms with van der Waals surface area (Å²) >= 11 is 0. The van der Waals surface area contributed by atoms with Crippen molar-refractivity contribution in [2.45, 2.75) is 12.1 Å². The van der Waals surface area contributed by atoms with Gasteiger partial charge in [0.05, 0.1) is 37.2 Å². The van der Waals surface area contributed by atoms with E-state index in [2.05, 4.69) is 25.6 Å². The number of hydrogen-bond acceptors (Lipinski definition) is 6. The number of carbonyl (C=O) groups excluding carboxylic acids is 1. The molecule has 0 aliphatic carbocycles. The number of aromatic nitrogens is 3. The van der Waals surface area contributed by atoms with Crippen molar-refractivity contribution in [2.24, 2.45) is 12.0 Å². The van der Waals surface area contributed by atoms with Gasteiger partial charge >= 0.3 is 0 Å². The van der Waals surface area contributed by atoms with Crippen molar-refractivity contribution in [2.75, 3.05) is 12.4 Å². The molecule has 0 spiro atoms. The molecule has 1 aliphatic heterocycles. The summed E-state index contributed by atoms with van der Waals surface area (Å²) in [7, 11) is 3.18. The number of methoxy groups -OCH3 is 1. The van der Waals surface area contributed by atoms with Gasteiger partial charge < -0.3 is 19.9 Å². The van der Waals surface area contributed by atoms with Gasteiger partial charge in [0.1, 0.15) is 5.69 Å². The van der Waals surface area contributed by atoms with Crippen molar-refractivity contribution in [3.8, 4) is 0 Å². The molecule has 1 aliphatic rings. The zero-order chi connectivity index (χ0) is 18.7. The first-order valence-electron chi connectivity index (χ1n) is 7.56. The van der Waals surface area contributed by atoms with Crippen molar-refractivity contribution in [1.82, 2.24) is 19.9 Å². The van der Waals surface area contributed by atoms with Gasteiger partial charge in [-0.05, 0) is 12.1 Å². The van der Waals surface area contributed by atoms with E-state index in [1.165, 1.54) is 31.9 Å². The molecule has 2 aromatic rings. The molecule has 10 heteroatoms. The number of amides is 1. The molecule has 0 saturated carbocycles. The molecule has 1 unspecified atom stereocenters. The lowest BCUT2D eigenvalue weighted by Gasteiger charge is -2.32. The van der Waals surface area contributed by atoms with Gasteiger partial charge in [-0.1, -0.05) is 0 Å². The van der Waals surface area contributed by atoms with Crippen LogP contribution in [-0.4, -0.2) is 33.8 Å². The van der Waals surface area contributed by atoms with Crippen LogP contribution in [0.4, 0.5) is 14.5 Å². The van der Waals surface area contributed by atoms with Gasteiger partial charge in [0.15, 0.2) is 5.88 Å². The zero-order valence-electron chi connectivity index (χ0n) is 14.0. The summed E-state index contributed by atoms with van der Waals surface area (Å²) in [6.45, 7) is 0. The van der Waals surface area contributed by atoms with Gasteiger partial charge in [0.25, 0.3) is 18.0 Å². The zero-order valence-corrected chi connectivity index (χ0v) is 14.0. The standard InChI is InChI=1S/C16H16F2N6O2/c1-24-9-19-8-12(24)16(21-6-5-13(23-16)26-2)15(25)22-10-3-4-11(14(17)18)20-7-10/h3-9,14,23H,1-2H3,(H,22,25). The highest BCUT2D eigenvalue weighted by molar-refractivity contribution is 6.00. The molecular weight excluding hydrogens is 346 g/mol. The van der Waals surface area contributed by atoms with Crippen molar-refractivity contribution < 1.29 is 18.3 Å². The quantitative estimate of drug-likeness (QED) is 0.845. The summed E-state index contributed by atoms with van der Waals surface area (Å²) in [5, 5.41) is 5.57. The van der Waals surface area contributed by atoms with E-state index in [9.17, 15) is 13.6 Å². The molecule has 26 heavy (non-hydrogen) atoms. The van der Waals surface area contributed by atoms with E-state index >= 15 is 0 Å². The number of ether oxygens (including phenoxy) is 1. The van der Waals surface area contributed by atoms with E-state index in [1.54, 1.807) is 17.7 Å². The van der Waals surface area contributed by atoms with Crippen LogP contribution in [0.1, 0.15) is 17.8 Å². The van der Waals surface area contributed by atoms with E-state index < -0.39 is 18.0 Å². The van der Waals surface area contributed by atoms with Crippen molar-refractivity contribution in [1.29, 1.82) is 0 Å². The lowest BCUT2D eigenvalue weighted by atomic mass is 10.0. The number of alkyl halides is 2. The van der Waals surface area contributed by atoms with Crippen LogP contribution in [0.15, 0.2) is 47.8 Å². The highest BCUT2D eigenvalue weighted by Crippen LogP contribution is 2.28. The fraction of sp³-hybridized carbons (Fsp3) is 0.250. The van der Waals surface area contributed by atoms with Crippen LogP contribution in [0.25, 0.3) is 0 Å². The van der Waals surface area contributed by atoms with Crippen LogP contribution in [0.3, 0.4) is 0 Å². The summed E-state index contributed by atoms with van der Waals surface area (Å²) < 4.78 is 32.1. The summed E-state index contributed by atoms with van der Waals surface area (Å²) in [6.07, 6.45) is 4.53. The van der Waals surface area contributed by atoms with E-state index in [-0.39, 0.29) is 11.4 Å². The number of allylic oxidation sites excluding steroid dienone is 1. The Morgan fingerprint density at radius 3 is 2.77 bits per heavy atom. The number of nitrogens with zero attached hydrogens (tertiary/aromatic N) is 4. The summed E-state index contributed by atoms with van der Waals surface area (Å²) in [5.74, 6) is -0.214. The molecule has 2 aromatic heterocycles. The second kappa shape index (κ2) is 6.90. The molecule has 0 aromatic carbocycles. The first kappa shape index (κ1) is 17.5. The minimum atomic E-state index is -2.68. The number of imidazole rings is 1. The van der Waals surface area contributed by atoms with Crippen LogP contribution in [0.2, 0.25) is 0 Å². The number of anilines is 1. The maximum Gasteiger partial charge on any atom is 0.280 e. The Bertz CT molecular complexity index is 862. The molecular formula is C16H16F2N6O2. The molecule has 8 nitrogen and oxygen atoms in total. The smallest absolute Gasteiger partial charge is 0.280 e. The third-order valence-corrected chi connectivity index (χ3v) is 3.80. The first-order chi connectivity index (χ1) is 12.5. The fourth-order valence-corrected chi connectivity index (χ4v) is 2.49. The van der Waals surface area contributed by atoms with Crippen molar-refractivity contribution in [3.63, 3.8) is 0 Å². The molecule has 1 amide bonds. The summed E-state index contributed by atoms with van der Waals surface area (Å²) in [5.41, 5.74) is -1.19. The number of nitrogens with one attached hydrogen (secondary N) is 2. The average molecular weight is 362 g/mol. The first-order valence-corrected chi connectivity index (χ1v) is 7.56. The number of rotatable bonds is 5. The molecule has 1 atom stereocenters. The van der Waals surface area contributed by atoms with E-state index in [1.807, 2.05) is 0 Å². The Kier molecular flexibility index (Phi) is 4.65. The number of carbonyl (C=O) groups is 1. The number of aliphatic imine (C=N–C) groups is 1. The van der Waals surface area contributed by atoms with Crippen LogP contribution < -0.4 is 10.6 Å².